The van der Waals surface area contributed by atoms with Crippen molar-refractivity contribution in [2.45, 2.75) is 25.4 Å². The van der Waals surface area contributed by atoms with Gasteiger partial charge in [0.05, 0.1) is 26.9 Å². The van der Waals surface area contributed by atoms with Crippen LogP contribution >= 0.6 is 0 Å². The molecule has 0 bridgehead atoms. The molecule has 1 atom stereocenters. The van der Waals surface area contributed by atoms with Gasteiger partial charge in [-0.05, 0) is 43.7 Å². The van der Waals surface area contributed by atoms with Gasteiger partial charge in [0, 0.05) is 43.8 Å². The van der Waals surface area contributed by atoms with E-state index in [4.69, 9.17) is 9.47 Å². The van der Waals surface area contributed by atoms with E-state index in [1.807, 2.05) is 24.5 Å². The lowest BCUT2D eigenvalue weighted by Gasteiger charge is -2.40. The van der Waals surface area contributed by atoms with Gasteiger partial charge in [-0.15, -0.1) is 0 Å². The number of rotatable bonds is 5. The Morgan fingerprint density at radius 2 is 1.96 bits per heavy atom. The van der Waals surface area contributed by atoms with Crippen molar-refractivity contribution in [1.29, 1.82) is 0 Å². The predicted molar refractivity (Wildman–Crippen MR) is 101 cm³/mol. The molecule has 2 aliphatic heterocycles. The van der Waals surface area contributed by atoms with E-state index in [0.29, 0.717) is 6.04 Å². The molecular formula is C20H28N4O2. The molecule has 2 aliphatic rings. The molecule has 0 aliphatic carbocycles. The zero-order valence-electron chi connectivity index (χ0n) is 15.5. The molecule has 2 saturated heterocycles. The fraction of sp³-hybridized carbons (Fsp3) is 0.550. The Balaban J connectivity index is 1.43. The van der Waals surface area contributed by atoms with Crippen LogP contribution in [0.1, 0.15) is 18.7 Å². The fourth-order valence-electron chi connectivity index (χ4n) is 4.04. The minimum atomic E-state index is 0.650. The van der Waals surface area contributed by atoms with Gasteiger partial charge in [0.15, 0.2) is 0 Å². The third kappa shape index (κ3) is 3.92. The molecule has 6 heteroatoms. The van der Waals surface area contributed by atoms with Crippen LogP contribution in [0, 0.1) is 0 Å². The van der Waals surface area contributed by atoms with Crippen LogP contribution in [0.4, 0.5) is 0 Å². The van der Waals surface area contributed by atoms with E-state index in [1.54, 1.807) is 7.11 Å². The van der Waals surface area contributed by atoms with E-state index in [0.717, 1.165) is 63.2 Å². The molecule has 6 nitrogen and oxygen atoms in total. The van der Waals surface area contributed by atoms with Gasteiger partial charge in [-0.25, -0.2) is 4.98 Å². The summed E-state index contributed by atoms with van der Waals surface area (Å²) in [6, 6.07) is 8.80. The van der Waals surface area contributed by atoms with Crippen LogP contribution in [0.2, 0.25) is 0 Å². The lowest BCUT2D eigenvalue weighted by molar-refractivity contribution is -0.00391. The van der Waals surface area contributed by atoms with Crippen molar-refractivity contribution < 1.29 is 9.47 Å². The molecule has 26 heavy (non-hydrogen) atoms. The molecule has 140 valence electrons. The van der Waals surface area contributed by atoms with Crippen molar-refractivity contribution in [3.63, 3.8) is 0 Å². The van der Waals surface area contributed by atoms with E-state index in [-0.39, 0.29) is 0 Å². The van der Waals surface area contributed by atoms with Crippen LogP contribution in [0.3, 0.4) is 0 Å². The molecule has 1 unspecified atom stereocenters. The molecule has 0 N–H and O–H groups in total. The van der Waals surface area contributed by atoms with Gasteiger partial charge in [-0.2, -0.15) is 0 Å². The standard InChI is InChI=1S/C20H28N4O2/c1-25-19-6-4-17(5-7-19)24-10-8-21-20(24)16-22-9-2-3-18(15-22)23-11-13-26-14-12-23/h4-8,10,18H,2-3,9,11-16H2,1H3. The molecule has 2 fully saturated rings. The number of imidazole rings is 1. The number of morpholine rings is 1. The Bertz CT molecular complexity index is 694. The summed E-state index contributed by atoms with van der Waals surface area (Å²) in [5, 5.41) is 0. The summed E-state index contributed by atoms with van der Waals surface area (Å²) in [4.78, 5) is 9.77. The van der Waals surface area contributed by atoms with Crippen molar-refractivity contribution in [2.75, 3.05) is 46.5 Å². The largest absolute Gasteiger partial charge is 0.497 e. The van der Waals surface area contributed by atoms with Gasteiger partial charge in [0.2, 0.25) is 0 Å². The predicted octanol–water partition coefficient (Wildman–Crippen LogP) is 2.18. The molecule has 0 radical (unpaired) electrons. The fourth-order valence-corrected chi connectivity index (χ4v) is 4.04. The third-order valence-electron chi connectivity index (χ3n) is 5.48. The summed E-state index contributed by atoms with van der Waals surface area (Å²) in [5.41, 5.74) is 1.13. The Labute approximate surface area is 155 Å². The van der Waals surface area contributed by atoms with Crippen LogP contribution in [0.5, 0.6) is 5.75 Å². The van der Waals surface area contributed by atoms with Crippen molar-refractivity contribution in [2.24, 2.45) is 0 Å². The smallest absolute Gasteiger partial charge is 0.127 e. The molecular weight excluding hydrogens is 328 g/mol. The number of hydrogen-bond acceptors (Lipinski definition) is 5. The summed E-state index contributed by atoms with van der Waals surface area (Å²) in [7, 11) is 1.69. The maximum Gasteiger partial charge on any atom is 0.127 e. The number of nitrogens with zero attached hydrogens (tertiary/aromatic N) is 4. The molecule has 0 amide bonds. The molecule has 3 heterocycles. The maximum atomic E-state index is 5.51. The van der Waals surface area contributed by atoms with Crippen molar-refractivity contribution in [3.05, 3.63) is 42.5 Å². The zero-order valence-corrected chi connectivity index (χ0v) is 15.5. The highest BCUT2D eigenvalue weighted by Gasteiger charge is 2.27. The minimum absolute atomic E-state index is 0.650. The van der Waals surface area contributed by atoms with Crippen LogP contribution in [0.15, 0.2) is 36.7 Å². The lowest BCUT2D eigenvalue weighted by atomic mass is 10.0. The monoisotopic (exact) mass is 356 g/mol. The van der Waals surface area contributed by atoms with Crippen molar-refractivity contribution >= 4 is 0 Å². The maximum absolute atomic E-state index is 5.51. The quantitative estimate of drug-likeness (QED) is 0.821. The van der Waals surface area contributed by atoms with Crippen molar-refractivity contribution in [1.82, 2.24) is 19.4 Å². The second-order valence-corrected chi connectivity index (χ2v) is 7.09. The minimum Gasteiger partial charge on any atom is -0.497 e. The Morgan fingerprint density at radius 1 is 1.15 bits per heavy atom. The molecule has 1 aromatic carbocycles. The first kappa shape index (κ1) is 17.5. The first-order valence-corrected chi connectivity index (χ1v) is 9.54. The molecule has 2 aromatic rings. The second-order valence-electron chi connectivity index (χ2n) is 7.09. The lowest BCUT2D eigenvalue weighted by Crippen LogP contribution is -2.51. The number of hydrogen-bond donors (Lipinski definition) is 0. The zero-order chi connectivity index (χ0) is 17.8. The van der Waals surface area contributed by atoms with Gasteiger partial charge >= 0.3 is 0 Å². The molecule has 0 spiro atoms. The van der Waals surface area contributed by atoms with Gasteiger partial charge in [0.25, 0.3) is 0 Å². The van der Waals surface area contributed by atoms with E-state index >= 15 is 0 Å². The average molecular weight is 356 g/mol. The summed E-state index contributed by atoms with van der Waals surface area (Å²) in [6.07, 6.45) is 6.48. The Kier molecular flexibility index (Phi) is 5.53. The van der Waals surface area contributed by atoms with E-state index in [9.17, 15) is 0 Å². The van der Waals surface area contributed by atoms with E-state index in [2.05, 4.69) is 31.5 Å². The number of methoxy groups -OCH3 is 1. The number of piperidine rings is 1. The number of aromatic nitrogens is 2. The normalized spacial score (nSPS) is 22.4. The van der Waals surface area contributed by atoms with Gasteiger partial charge in [0.1, 0.15) is 11.6 Å². The Morgan fingerprint density at radius 3 is 2.73 bits per heavy atom. The summed E-state index contributed by atoms with van der Waals surface area (Å²) in [5.74, 6) is 1.97. The van der Waals surface area contributed by atoms with Gasteiger partial charge in [-0.3, -0.25) is 9.80 Å². The van der Waals surface area contributed by atoms with Crippen LogP contribution in [0.25, 0.3) is 5.69 Å². The number of likely N-dealkylation sites (tertiary alicyclic amines) is 1. The topological polar surface area (TPSA) is 42.8 Å². The molecule has 0 saturated carbocycles. The highest BCUT2D eigenvalue weighted by atomic mass is 16.5. The van der Waals surface area contributed by atoms with Gasteiger partial charge in [-0.1, -0.05) is 0 Å². The van der Waals surface area contributed by atoms with E-state index < -0.39 is 0 Å². The van der Waals surface area contributed by atoms with E-state index in [1.165, 1.54) is 12.8 Å². The number of benzene rings is 1. The first-order valence-electron chi connectivity index (χ1n) is 9.54. The van der Waals surface area contributed by atoms with Crippen LogP contribution in [-0.4, -0.2) is 71.9 Å². The molecule has 1 aromatic heterocycles. The Hall–Kier alpha value is -1.89. The summed E-state index contributed by atoms with van der Waals surface area (Å²) in [6.45, 7) is 7.04. The highest BCUT2D eigenvalue weighted by Crippen LogP contribution is 2.21. The van der Waals surface area contributed by atoms with Crippen LogP contribution in [-0.2, 0) is 11.3 Å². The second kappa shape index (κ2) is 8.20. The third-order valence-corrected chi connectivity index (χ3v) is 5.48. The highest BCUT2D eigenvalue weighted by molar-refractivity contribution is 5.38. The summed E-state index contributed by atoms with van der Waals surface area (Å²) >= 11 is 0. The summed E-state index contributed by atoms with van der Waals surface area (Å²) < 4.78 is 12.9. The number of ether oxygens (including phenoxy) is 2. The SMILES string of the molecule is COc1ccc(-n2ccnc2CN2CCCC(N3CCOCC3)C2)cc1. The van der Waals surface area contributed by atoms with Crippen LogP contribution < -0.4 is 4.74 Å². The van der Waals surface area contributed by atoms with Crippen molar-refractivity contribution in [3.8, 4) is 11.4 Å². The average Bonchev–Trinajstić information content (AvgIpc) is 3.17. The molecule has 4 rings (SSSR count). The van der Waals surface area contributed by atoms with Gasteiger partial charge < -0.3 is 14.0 Å². The first-order chi connectivity index (χ1) is 12.8.